The molecule has 6 rings (SSSR count). The lowest BCUT2D eigenvalue weighted by Crippen LogP contribution is -2.51. The zero-order chi connectivity index (χ0) is 27.8. The third kappa shape index (κ3) is 4.53. The maximum absolute atomic E-state index is 13.6. The Hall–Kier alpha value is -4.46. The Balaban J connectivity index is 1.35. The molecule has 3 aliphatic heterocycles. The zero-order valence-electron chi connectivity index (χ0n) is 22.7. The lowest BCUT2D eigenvalue weighted by molar-refractivity contribution is -0.135. The number of carbonyl (C=O) groups excluding carboxylic acids is 3. The molecule has 8 heteroatoms. The van der Waals surface area contributed by atoms with Crippen LogP contribution in [-0.2, 0) is 9.59 Å². The van der Waals surface area contributed by atoms with E-state index in [0.29, 0.717) is 31.7 Å². The summed E-state index contributed by atoms with van der Waals surface area (Å²) in [5, 5.41) is 8.48. The van der Waals surface area contributed by atoms with Crippen molar-refractivity contribution in [3.05, 3.63) is 101 Å². The molecule has 1 saturated heterocycles. The minimum Gasteiger partial charge on any atom is -0.377 e. The van der Waals surface area contributed by atoms with Gasteiger partial charge >= 0.3 is 0 Å². The normalized spacial score (nSPS) is 21.6. The molecule has 3 atom stereocenters. The Morgan fingerprint density at radius 1 is 0.900 bits per heavy atom. The monoisotopic (exact) mass is 535 g/mol. The number of anilines is 1. The van der Waals surface area contributed by atoms with Crippen molar-refractivity contribution in [2.45, 2.75) is 31.8 Å². The Kier molecular flexibility index (Phi) is 6.84. The van der Waals surface area contributed by atoms with Crippen molar-refractivity contribution in [2.24, 2.45) is 11.0 Å². The van der Waals surface area contributed by atoms with Crippen LogP contribution in [0.4, 0.5) is 5.69 Å². The van der Waals surface area contributed by atoms with Crippen LogP contribution >= 0.6 is 0 Å². The molecule has 1 fully saturated rings. The SMILES string of the molecule is CC(C)C(=O)N1CCN(C(=O)c2cccc(C3C4=NNC(C=O)c5cccc(c54)NC3c3ccccc3)c2)CC1. The number of benzene rings is 3. The van der Waals surface area contributed by atoms with Gasteiger partial charge in [0.2, 0.25) is 5.91 Å². The van der Waals surface area contributed by atoms with Gasteiger partial charge in [-0.3, -0.25) is 15.0 Å². The van der Waals surface area contributed by atoms with E-state index in [9.17, 15) is 14.4 Å². The van der Waals surface area contributed by atoms with Crippen LogP contribution in [0.15, 0.2) is 77.9 Å². The van der Waals surface area contributed by atoms with Gasteiger partial charge in [0, 0.05) is 48.9 Å². The van der Waals surface area contributed by atoms with Crippen molar-refractivity contribution in [2.75, 3.05) is 31.5 Å². The van der Waals surface area contributed by atoms with Gasteiger partial charge in [-0.2, -0.15) is 5.10 Å². The average Bonchev–Trinajstić information content (AvgIpc) is 3.01. The molecule has 3 unspecified atom stereocenters. The first-order valence-electron chi connectivity index (χ1n) is 13.9. The van der Waals surface area contributed by atoms with Crippen LogP contribution in [0.25, 0.3) is 0 Å². The smallest absolute Gasteiger partial charge is 0.253 e. The van der Waals surface area contributed by atoms with Gasteiger partial charge in [0.05, 0.1) is 17.7 Å². The molecular weight excluding hydrogens is 502 g/mol. The van der Waals surface area contributed by atoms with Crippen molar-refractivity contribution < 1.29 is 14.4 Å². The maximum Gasteiger partial charge on any atom is 0.253 e. The first-order valence-corrected chi connectivity index (χ1v) is 13.9. The second kappa shape index (κ2) is 10.6. The van der Waals surface area contributed by atoms with Crippen molar-refractivity contribution in [3.63, 3.8) is 0 Å². The van der Waals surface area contributed by atoms with Crippen LogP contribution in [-0.4, -0.2) is 59.8 Å². The molecule has 0 aliphatic carbocycles. The summed E-state index contributed by atoms with van der Waals surface area (Å²) in [6.07, 6.45) is 0.877. The minimum atomic E-state index is -0.511. The number of hydrogen-bond donors (Lipinski definition) is 2. The highest BCUT2D eigenvalue weighted by molar-refractivity contribution is 6.13. The summed E-state index contributed by atoms with van der Waals surface area (Å²) in [5.74, 6) is -0.164. The van der Waals surface area contributed by atoms with Crippen LogP contribution in [0, 0.1) is 5.92 Å². The molecule has 40 heavy (non-hydrogen) atoms. The summed E-state index contributed by atoms with van der Waals surface area (Å²) < 4.78 is 0. The molecule has 0 bridgehead atoms. The molecule has 2 amide bonds. The van der Waals surface area contributed by atoms with E-state index in [0.717, 1.165) is 39.9 Å². The highest BCUT2D eigenvalue weighted by atomic mass is 16.2. The number of nitrogens with one attached hydrogen (secondary N) is 2. The van der Waals surface area contributed by atoms with Gasteiger partial charge in [-0.25, -0.2) is 0 Å². The molecule has 3 aliphatic rings. The van der Waals surface area contributed by atoms with E-state index >= 15 is 0 Å². The van der Waals surface area contributed by atoms with Gasteiger partial charge < -0.3 is 19.9 Å². The van der Waals surface area contributed by atoms with E-state index in [4.69, 9.17) is 5.10 Å². The highest BCUT2D eigenvalue weighted by Crippen LogP contribution is 2.46. The van der Waals surface area contributed by atoms with E-state index in [2.05, 4.69) is 22.9 Å². The molecule has 0 radical (unpaired) electrons. The minimum absolute atomic E-state index is 0.0376. The number of aldehydes is 1. The molecular formula is C32H33N5O3. The molecule has 0 spiro atoms. The highest BCUT2D eigenvalue weighted by Gasteiger charge is 2.40. The van der Waals surface area contributed by atoms with Gasteiger partial charge in [-0.15, -0.1) is 0 Å². The number of rotatable bonds is 5. The number of hydrogen-bond acceptors (Lipinski definition) is 6. The Morgan fingerprint density at radius 3 is 2.33 bits per heavy atom. The summed E-state index contributed by atoms with van der Waals surface area (Å²) in [6, 6.07) is 23.3. The van der Waals surface area contributed by atoms with Crippen molar-refractivity contribution in [1.82, 2.24) is 15.2 Å². The van der Waals surface area contributed by atoms with Crippen molar-refractivity contribution in [1.29, 1.82) is 0 Å². The molecule has 3 aromatic rings. The van der Waals surface area contributed by atoms with Gasteiger partial charge in [0.1, 0.15) is 12.3 Å². The van der Waals surface area contributed by atoms with Gasteiger partial charge in [0.25, 0.3) is 5.91 Å². The van der Waals surface area contributed by atoms with Crippen LogP contribution < -0.4 is 10.7 Å². The second-order valence-corrected chi connectivity index (χ2v) is 10.9. The molecule has 0 saturated carbocycles. The topological polar surface area (TPSA) is 94.1 Å². The first kappa shape index (κ1) is 25.8. The fraction of sp³-hybridized carbons (Fsp3) is 0.312. The predicted octanol–water partition coefficient (Wildman–Crippen LogP) is 4.12. The number of amides is 2. The lowest BCUT2D eigenvalue weighted by atomic mass is 9.75. The van der Waals surface area contributed by atoms with E-state index in [-0.39, 0.29) is 29.7 Å². The fourth-order valence-electron chi connectivity index (χ4n) is 6.07. The fourth-order valence-corrected chi connectivity index (χ4v) is 6.07. The molecule has 3 aromatic carbocycles. The number of carbonyl (C=O) groups is 3. The number of hydrazone groups is 1. The Morgan fingerprint density at radius 2 is 1.60 bits per heavy atom. The van der Waals surface area contributed by atoms with Crippen LogP contribution in [0.2, 0.25) is 0 Å². The average molecular weight is 536 g/mol. The van der Waals surface area contributed by atoms with Gasteiger partial charge in [-0.05, 0) is 34.9 Å². The number of nitrogens with zero attached hydrogens (tertiary/aromatic N) is 3. The van der Waals surface area contributed by atoms with E-state index in [1.165, 1.54) is 0 Å². The van der Waals surface area contributed by atoms with Crippen molar-refractivity contribution in [3.8, 4) is 0 Å². The second-order valence-electron chi connectivity index (χ2n) is 10.9. The summed E-state index contributed by atoms with van der Waals surface area (Å²) in [6.45, 7) is 5.93. The Labute approximate surface area is 234 Å². The molecule has 8 nitrogen and oxygen atoms in total. The third-order valence-electron chi connectivity index (χ3n) is 8.11. The van der Waals surface area contributed by atoms with Gasteiger partial charge in [0.15, 0.2) is 0 Å². The van der Waals surface area contributed by atoms with Crippen molar-refractivity contribution >= 4 is 29.5 Å². The standard InChI is InChI=1S/C32H33N5O3/c1-20(2)31(39)36-14-16-37(17-15-36)32(40)23-11-6-10-22(18-23)27-29(21-8-4-3-5-9-21)33-25-13-7-12-24-26(19-38)34-35-30(27)28(24)25/h3-13,18-20,26-27,29,33-34H,14-17H2,1-2H3. The molecule has 0 aromatic heterocycles. The summed E-state index contributed by atoms with van der Waals surface area (Å²) in [4.78, 5) is 41.5. The lowest BCUT2D eigenvalue weighted by Gasteiger charge is -2.40. The van der Waals surface area contributed by atoms with Gasteiger partial charge in [-0.1, -0.05) is 68.4 Å². The van der Waals surface area contributed by atoms with E-state index < -0.39 is 6.04 Å². The first-order chi connectivity index (χ1) is 19.5. The van der Waals surface area contributed by atoms with Crippen LogP contribution in [0.3, 0.4) is 0 Å². The Bertz CT molecular complexity index is 1480. The zero-order valence-corrected chi connectivity index (χ0v) is 22.7. The summed E-state index contributed by atoms with van der Waals surface area (Å²) in [5.41, 5.74) is 9.36. The summed E-state index contributed by atoms with van der Waals surface area (Å²) in [7, 11) is 0. The molecule has 204 valence electrons. The maximum atomic E-state index is 13.6. The van der Waals surface area contributed by atoms with Crippen LogP contribution in [0.1, 0.15) is 64.5 Å². The molecule has 2 N–H and O–H groups in total. The predicted molar refractivity (Wildman–Crippen MR) is 154 cm³/mol. The largest absolute Gasteiger partial charge is 0.377 e. The van der Waals surface area contributed by atoms with E-state index in [1.54, 1.807) is 0 Å². The third-order valence-corrected chi connectivity index (χ3v) is 8.11. The van der Waals surface area contributed by atoms with Crippen LogP contribution in [0.5, 0.6) is 0 Å². The quantitative estimate of drug-likeness (QED) is 0.480. The number of piperazine rings is 1. The van der Waals surface area contributed by atoms with E-state index in [1.807, 2.05) is 84.3 Å². The molecule has 3 heterocycles. The summed E-state index contributed by atoms with van der Waals surface area (Å²) >= 11 is 0.